The minimum Gasteiger partial charge on any atom is -0.476 e. The van der Waals surface area contributed by atoms with E-state index in [-0.39, 0.29) is 6.04 Å². The molecule has 2 atom stereocenters. The van der Waals surface area contributed by atoms with E-state index in [1.807, 2.05) is 26.0 Å². The molecule has 0 radical (unpaired) electrons. The highest BCUT2D eigenvalue weighted by Gasteiger charge is 2.09. The molecule has 2 unspecified atom stereocenters. The number of aryl methyl sites for hydroxylation is 1. The van der Waals surface area contributed by atoms with Gasteiger partial charge in [0.15, 0.2) is 6.10 Å². The molecule has 0 spiro atoms. The average molecular weight is 218 g/mol. The summed E-state index contributed by atoms with van der Waals surface area (Å²) in [6.45, 7) is 5.72. The first-order chi connectivity index (χ1) is 7.52. The van der Waals surface area contributed by atoms with Crippen molar-refractivity contribution in [2.24, 2.45) is 5.73 Å². The monoisotopic (exact) mass is 218 g/mol. The maximum atomic E-state index is 8.72. The predicted molar refractivity (Wildman–Crippen MR) is 64.2 cm³/mol. The smallest absolute Gasteiger partial charge is 0.181 e. The van der Waals surface area contributed by atoms with E-state index in [0.717, 1.165) is 17.7 Å². The van der Waals surface area contributed by atoms with E-state index >= 15 is 0 Å². The van der Waals surface area contributed by atoms with Crippen molar-refractivity contribution in [1.82, 2.24) is 0 Å². The van der Waals surface area contributed by atoms with Gasteiger partial charge in [0.2, 0.25) is 0 Å². The zero-order valence-corrected chi connectivity index (χ0v) is 10.0. The Hall–Kier alpha value is -1.53. The third-order valence-corrected chi connectivity index (χ3v) is 2.24. The fourth-order valence-electron chi connectivity index (χ4n) is 1.55. The Morgan fingerprint density at radius 1 is 1.44 bits per heavy atom. The molecule has 0 heterocycles. The summed E-state index contributed by atoms with van der Waals surface area (Å²) in [4.78, 5) is 0. The second kappa shape index (κ2) is 5.53. The molecule has 0 aliphatic carbocycles. The van der Waals surface area contributed by atoms with Crippen LogP contribution in [0.3, 0.4) is 0 Å². The first kappa shape index (κ1) is 12.5. The number of hydrogen-bond acceptors (Lipinski definition) is 3. The van der Waals surface area contributed by atoms with Crippen LogP contribution in [-0.2, 0) is 6.42 Å². The summed E-state index contributed by atoms with van der Waals surface area (Å²) in [5.74, 6) is 0.761. The molecule has 0 bridgehead atoms. The molecule has 2 N–H and O–H groups in total. The largest absolute Gasteiger partial charge is 0.476 e. The van der Waals surface area contributed by atoms with Crippen molar-refractivity contribution in [1.29, 1.82) is 5.26 Å². The van der Waals surface area contributed by atoms with Gasteiger partial charge >= 0.3 is 0 Å². The molecule has 0 fully saturated rings. The third kappa shape index (κ3) is 3.56. The number of hydrogen-bond donors (Lipinski definition) is 1. The van der Waals surface area contributed by atoms with Crippen LogP contribution in [0.5, 0.6) is 5.75 Å². The summed E-state index contributed by atoms with van der Waals surface area (Å²) in [7, 11) is 0. The zero-order chi connectivity index (χ0) is 12.1. The molecule has 1 rings (SSSR count). The van der Waals surface area contributed by atoms with E-state index in [9.17, 15) is 0 Å². The predicted octanol–water partition coefficient (Wildman–Crippen LogP) is 2.18. The fourth-order valence-corrected chi connectivity index (χ4v) is 1.55. The van der Waals surface area contributed by atoms with E-state index in [2.05, 4.69) is 12.1 Å². The van der Waals surface area contributed by atoms with Gasteiger partial charge in [-0.1, -0.05) is 17.7 Å². The zero-order valence-electron chi connectivity index (χ0n) is 10.0. The summed E-state index contributed by atoms with van der Waals surface area (Å²) in [6.07, 6.45) is 0.323. The van der Waals surface area contributed by atoms with Crippen molar-refractivity contribution in [2.75, 3.05) is 0 Å². The van der Waals surface area contributed by atoms with Crippen LogP contribution in [0.15, 0.2) is 18.2 Å². The van der Waals surface area contributed by atoms with Gasteiger partial charge in [-0.15, -0.1) is 0 Å². The molecule has 0 saturated carbocycles. The molecule has 0 aromatic heterocycles. The third-order valence-electron chi connectivity index (χ3n) is 2.24. The lowest BCUT2D eigenvalue weighted by atomic mass is 10.0. The molecule has 16 heavy (non-hydrogen) atoms. The number of nitriles is 1. The van der Waals surface area contributed by atoms with Gasteiger partial charge in [-0.05, 0) is 38.8 Å². The molecule has 1 aromatic carbocycles. The average Bonchev–Trinajstić information content (AvgIpc) is 2.21. The molecular weight excluding hydrogens is 200 g/mol. The van der Waals surface area contributed by atoms with Gasteiger partial charge in [0, 0.05) is 6.04 Å². The quantitative estimate of drug-likeness (QED) is 0.842. The summed E-state index contributed by atoms with van der Waals surface area (Å²) < 4.78 is 5.53. The number of benzene rings is 1. The Morgan fingerprint density at radius 2 is 2.12 bits per heavy atom. The van der Waals surface area contributed by atoms with Crippen molar-refractivity contribution in [3.05, 3.63) is 29.3 Å². The van der Waals surface area contributed by atoms with Crippen LogP contribution in [0.25, 0.3) is 0 Å². The molecule has 0 amide bonds. The summed E-state index contributed by atoms with van der Waals surface area (Å²) in [5, 5.41) is 8.72. The number of rotatable bonds is 4. The van der Waals surface area contributed by atoms with E-state index in [0.29, 0.717) is 0 Å². The summed E-state index contributed by atoms with van der Waals surface area (Å²) >= 11 is 0. The Morgan fingerprint density at radius 3 is 2.69 bits per heavy atom. The number of ether oxygens (including phenoxy) is 1. The first-order valence-electron chi connectivity index (χ1n) is 5.44. The van der Waals surface area contributed by atoms with Crippen LogP contribution in [0.1, 0.15) is 25.0 Å². The highest BCUT2D eigenvalue weighted by molar-refractivity contribution is 5.37. The number of nitrogens with zero attached hydrogens (tertiary/aromatic N) is 1. The van der Waals surface area contributed by atoms with Gasteiger partial charge in [-0.3, -0.25) is 0 Å². The maximum Gasteiger partial charge on any atom is 0.181 e. The van der Waals surface area contributed by atoms with Gasteiger partial charge in [0.05, 0.1) is 0 Å². The Balaban J connectivity index is 2.94. The minimum absolute atomic E-state index is 0.0848. The second-order valence-electron chi connectivity index (χ2n) is 4.18. The normalized spacial score (nSPS) is 13.9. The van der Waals surface area contributed by atoms with Gasteiger partial charge in [-0.25, -0.2) is 0 Å². The van der Waals surface area contributed by atoms with E-state index in [1.165, 1.54) is 5.56 Å². The Labute approximate surface area is 96.8 Å². The van der Waals surface area contributed by atoms with Crippen molar-refractivity contribution in [2.45, 2.75) is 39.3 Å². The van der Waals surface area contributed by atoms with Gasteiger partial charge in [-0.2, -0.15) is 5.26 Å². The van der Waals surface area contributed by atoms with E-state index in [4.69, 9.17) is 15.7 Å². The van der Waals surface area contributed by atoms with Crippen LogP contribution < -0.4 is 10.5 Å². The van der Waals surface area contributed by atoms with Crippen molar-refractivity contribution in [3.8, 4) is 11.8 Å². The van der Waals surface area contributed by atoms with Crippen LogP contribution >= 0.6 is 0 Å². The maximum absolute atomic E-state index is 8.72. The molecule has 1 aromatic rings. The van der Waals surface area contributed by atoms with Crippen LogP contribution in [0, 0.1) is 18.3 Å². The topological polar surface area (TPSA) is 59.0 Å². The van der Waals surface area contributed by atoms with Crippen LogP contribution in [-0.4, -0.2) is 12.1 Å². The lowest BCUT2D eigenvalue weighted by Crippen LogP contribution is -2.19. The molecule has 86 valence electrons. The van der Waals surface area contributed by atoms with E-state index in [1.54, 1.807) is 6.92 Å². The van der Waals surface area contributed by atoms with Gasteiger partial charge < -0.3 is 10.5 Å². The summed E-state index contributed by atoms with van der Waals surface area (Å²) in [5.41, 5.74) is 8.03. The second-order valence-corrected chi connectivity index (χ2v) is 4.18. The van der Waals surface area contributed by atoms with Gasteiger partial charge in [0.25, 0.3) is 0 Å². The van der Waals surface area contributed by atoms with Crippen LogP contribution in [0.2, 0.25) is 0 Å². The lowest BCUT2D eigenvalue weighted by Gasteiger charge is -2.14. The van der Waals surface area contributed by atoms with Gasteiger partial charge in [0.1, 0.15) is 11.8 Å². The molecule has 3 nitrogen and oxygen atoms in total. The minimum atomic E-state index is -0.436. The summed E-state index contributed by atoms with van der Waals surface area (Å²) in [6, 6.07) is 8.08. The van der Waals surface area contributed by atoms with Crippen molar-refractivity contribution >= 4 is 0 Å². The highest BCUT2D eigenvalue weighted by Crippen LogP contribution is 2.22. The van der Waals surface area contributed by atoms with Crippen molar-refractivity contribution < 1.29 is 4.74 Å². The molecule has 0 aliphatic rings. The molecule has 0 saturated heterocycles. The first-order valence-corrected chi connectivity index (χ1v) is 5.44. The van der Waals surface area contributed by atoms with E-state index < -0.39 is 6.10 Å². The standard InChI is InChI=1S/C13H18N2O/c1-9-4-5-13(16-11(3)8-14)12(6-9)7-10(2)15/h4-6,10-11H,7,15H2,1-3H3. The lowest BCUT2D eigenvalue weighted by molar-refractivity contribution is 0.273. The Kier molecular flexibility index (Phi) is 4.33. The number of nitrogens with two attached hydrogens (primary N) is 1. The molecular formula is C13H18N2O. The fraction of sp³-hybridized carbons (Fsp3) is 0.462. The SMILES string of the molecule is Cc1ccc(OC(C)C#N)c(CC(C)N)c1. The highest BCUT2D eigenvalue weighted by atomic mass is 16.5. The molecule has 3 heteroatoms. The Bertz CT molecular complexity index is 393. The molecule has 0 aliphatic heterocycles. The van der Waals surface area contributed by atoms with Crippen molar-refractivity contribution in [3.63, 3.8) is 0 Å². The van der Waals surface area contributed by atoms with Crippen LogP contribution in [0.4, 0.5) is 0 Å².